The van der Waals surface area contributed by atoms with Crippen molar-refractivity contribution in [2.24, 2.45) is 0 Å². The molecule has 19 heavy (non-hydrogen) atoms. The molecule has 0 fully saturated rings. The summed E-state index contributed by atoms with van der Waals surface area (Å²) in [5.74, 6) is 1.41. The molecule has 1 aliphatic heterocycles. The number of hydrogen-bond donors (Lipinski definition) is 0. The van der Waals surface area contributed by atoms with Crippen molar-refractivity contribution in [3.05, 3.63) is 44.1 Å². The highest BCUT2D eigenvalue weighted by molar-refractivity contribution is 9.10. The molecule has 0 N–H and O–H groups in total. The molecule has 3 rings (SSSR count). The van der Waals surface area contributed by atoms with Gasteiger partial charge in [-0.3, -0.25) is 4.79 Å². The van der Waals surface area contributed by atoms with Gasteiger partial charge in [-0.2, -0.15) is 0 Å². The molecule has 0 atom stereocenters. The zero-order valence-electron chi connectivity index (χ0n) is 10.2. The van der Waals surface area contributed by atoms with Gasteiger partial charge in [0.1, 0.15) is 11.5 Å². The highest BCUT2D eigenvalue weighted by atomic mass is 79.9. The molecule has 3 nitrogen and oxygen atoms in total. The lowest BCUT2D eigenvalue weighted by molar-refractivity contribution is 0.103. The molecular formula is C14H11BrO3S. The van der Waals surface area contributed by atoms with E-state index in [9.17, 15) is 4.79 Å². The first-order valence-corrected chi connectivity index (χ1v) is 7.49. The maximum absolute atomic E-state index is 12.5. The Hall–Kier alpha value is -1.33. The molecule has 0 unspecified atom stereocenters. The number of halogens is 1. The normalized spacial score (nSPS) is 12.9. The Balaban J connectivity index is 2.04. The maximum Gasteiger partial charge on any atom is 0.206 e. The van der Waals surface area contributed by atoms with E-state index in [-0.39, 0.29) is 5.78 Å². The largest absolute Gasteiger partial charge is 0.496 e. The van der Waals surface area contributed by atoms with E-state index in [1.165, 1.54) is 11.3 Å². The number of hydrogen-bond acceptors (Lipinski definition) is 4. The van der Waals surface area contributed by atoms with Crippen LogP contribution in [0.25, 0.3) is 0 Å². The van der Waals surface area contributed by atoms with Crippen LogP contribution < -0.4 is 9.47 Å². The Kier molecular flexibility index (Phi) is 3.33. The second-order valence-electron chi connectivity index (χ2n) is 4.22. The molecule has 1 aromatic carbocycles. The SMILES string of the molecule is COc1csc(C(=O)c2cc(Br)cc3c2OCC3)c1. The van der Waals surface area contributed by atoms with E-state index in [4.69, 9.17) is 9.47 Å². The van der Waals surface area contributed by atoms with Gasteiger partial charge >= 0.3 is 0 Å². The number of fused-ring (bicyclic) bond motifs is 1. The fourth-order valence-electron chi connectivity index (χ4n) is 2.12. The van der Waals surface area contributed by atoms with E-state index >= 15 is 0 Å². The van der Waals surface area contributed by atoms with Crippen molar-refractivity contribution in [1.29, 1.82) is 0 Å². The van der Waals surface area contributed by atoms with Gasteiger partial charge in [-0.05, 0) is 17.7 Å². The predicted octanol–water partition coefficient (Wildman–Crippen LogP) is 3.69. The summed E-state index contributed by atoms with van der Waals surface area (Å²) in [6, 6.07) is 5.59. The molecule has 1 aliphatic rings. The number of rotatable bonds is 3. The van der Waals surface area contributed by atoms with Crippen LogP contribution in [0.2, 0.25) is 0 Å². The molecule has 2 aromatic rings. The molecule has 0 saturated heterocycles. The van der Waals surface area contributed by atoms with Crippen LogP contribution in [0.5, 0.6) is 11.5 Å². The van der Waals surface area contributed by atoms with Crippen LogP contribution in [0.15, 0.2) is 28.1 Å². The lowest BCUT2D eigenvalue weighted by Crippen LogP contribution is -2.02. The number of thiophene rings is 1. The molecule has 0 radical (unpaired) electrons. The van der Waals surface area contributed by atoms with E-state index in [1.54, 1.807) is 13.2 Å². The van der Waals surface area contributed by atoms with Gasteiger partial charge in [0.25, 0.3) is 0 Å². The molecule has 98 valence electrons. The fraction of sp³-hybridized carbons (Fsp3) is 0.214. The second kappa shape index (κ2) is 4.98. The monoisotopic (exact) mass is 338 g/mol. The average molecular weight is 339 g/mol. The van der Waals surface area contributed by atoms with E-state index < -0.39 is 0 Å². The Morgan fingerprint density at radius 2 is 2.26 bits per heavy atom. The van der Waals surface area contributed by atoms with E-state index in [0.29, 0.717) is 22.8 Å². The first kappa shape index (κ1) is 12.7. The second-order valence-corrected chi connectivity index (χ2v) is 6.05. The van der Waals surface area contributed by atoms with Crippen molar-refractivity contribution in [3.63, 3.8) is 0 Å². The minimum Gasteiger partial charge on any atom is -0.496 e. The molecule has 2 heterocycles. The fourth-order valence-corrected chi connectivity index (χ4v) is 3.43. The van der Waals surface area contributed by atoms with E-state index in [2.05, 4.69) is 15.9 Å². The van der Waals surface area contributed by atoms with Crippen molar-refractivity contribution in [2.75, 3.05) is 13.7 Å². The number of methoxy groups -OCH3 is 1. The highest BCUT2D eigenvalue weighted by Gasteiger charge is 2.23. The summed E-state index contributed by atoms with van der Waals surface area (Å²) in [5, 5.41) is 1.83. The van der Waals surface area contributed by atoms with Gasteiger partial charge in [-0.25, -0.2) is 0 Å². The van der Waals surface area contributed by atoms with Gasteiger partial charge in [0.05, 0.1) is 24.2 Å². The predicted molar refractivity (Wildman–Crippen MR) is 77.6 cm³/mol. The summed E-state index contributed by atoms with van der Waals surface area (Å²) < 4.78 is 11.6. The number of benzene rings is 1. The zero-order chi connectivity index (χ0) is 13.4. The minimum absolute atomic E-state index is 0.0206. The van der Waals surface area contributed by atoms with Gasteiger partial charge in [-0.15, -0.1) is 11.3 Å². The van der Waals surface area contributed by atoms with Gasteiger partial charge in [-0.1, -0.05) is 15.9 Å². The van der Waals surface area contributed by atoms with Crippen molar-refractivity contribution in [3.8, 4) is 11.5 Å². The molecule has 0 spiro atoms. The summed E-state index contributed by atoms with van der Waals surface area (Å²) in [6.07, 6.45) is 0.850. The van der Waals surface area contributed by atoms with Crippen molar-refractivity contribution >= 4 is 33.0 Å². The van der Waals surface area contributed by atoms with Crippen molar-refractivity contribution in [1.82, 2.24) is 0 Å². The third kappa shape index (κ3) is 2.28. The van der Waals surface area contributed by atoms with Crippen molar-refractivity contribution < 1.29 is 14.3 Å². The van der Waals surface area contributed by atoms with Gasteiger partial charge in [0.2, 0.25) is 5.78 Å². The Labute approximate surface area is 123 Å². The van der Waals surface area contributed by atoms with Gasteiger partial charge in [0, 0.05) is 22.3 Å². The third-order valence-corrected chi connectivity index (χ3v) is 4.39. The first-order chi connectivity index (χ1) is 9.19. The lowest BCUT2D eigenvalue weighted by atomic mass is 10.0. The van der Waals surface area contributed by atoms with Crippen LogP contribution in [-0.2, 0) is 6.42 Å². The maximum atomic E-state index is 12.5. The molecule has 0 amide bonds. The number of carbonyl (C=O) groups is 1. The summed E-state index contributed by atoms with van der Waals surface area (Å²) >= 11 is 4.83. The summed E-state index contributed by atoms with van der Waals surface area (Å²) in [4.78, 5) is 13.2. The van der Waals surface area contributed by atoms with Crippen LogP contribution in [0.4, 0.5) is 0 Å². The van der Waals surface area contributed by atoms with E-state index in [1.807, 2.05) is 17.5 Å². The number of ketones is 1. The van der Waals surface area contributed by atoms with Gasteiger partial charge < -0.3 is 9.47 Å². The zero-order valence-corrected chi connectivity index (χ0v) is 12.6. The Morgan fingerprint density at radius 3 is 3.00 bits per heavy atom. The van der Waals surface area contributed by atoms with Crippen LogP contribution in [0.3, 0.4) is 0 Å². The third-order valence-electron chi connectivity index (χ3n) is 3.03. The van der Waals surface area contributed by atoms with E-state index in [0.717, 1.165) is 22.2 Å². The molecule has 5 heteroatoms. The van der Waals surface area contributed by atoms with Crippen LogP contribution >= 0.6 is 27.3 Å². The first-order valence-electron chi connectivity index (χ1n) is 5.81. The molecule has 1 aromatic heterocycles. The highest BCUT2D eigenvalue weighted by Crippen LogP contribution is 2.35. The summed E-state index contributed by atoms with van der Waals surface area (Å²) in [6.45, 7) is 0.639. The number of carbonyl (C=O) groups excluding carboxylic acids is 1. The lowest BCUT2D eigenvalue weighted by Gasteiger charge is -2.07. The summed E-state index contributed by atoms with van der Waals surface area (Å²) in [7, 11) is 1.59. The van der Waals surface area contributed by atoms with Crippen LogP contribution in [0, 0.1) is 0 Å². The minimum atomic E-state index is -0.0206. The Bertz CT molecular complexity index is 648. The van der Waals surface area contributed by atoms with Crippen LogP contribution in [0.1, 0.15) is 20.8 Å². The molecule has 0 saturated carbocycles. The molecule has 0 bridgehead atoms. The number of ether oxygens (including phenoxy) is 2. The standard InChI is InChI=1S/C14H11BrO3S/c1-17-10-6-12(19-7-10)13(16)11-5-9(15)4-8-2-3-18-14(8)11/h4-7H,2-3H2,1H3. The molecule has 0 aliphatic carbocycles. The Morgan fingerprint density at radius 1 is 1.42 bits per heavy atom. The van der Waals surface area contributed by atoms with Crippen molar-refractivity contribution in [2.45, 2.75) is 6.42 Å². The molecular weight excluding hydrogens is 328 g/mol. The topological polar surface area (TPSA) is 35.5 Å². The average Bonchev–Trinajstić information content (AvgIpc) is 3.04. The smallest absolute Gasteiger partial charge is 0.206 e. The van der Waals surface area contributed by atoms with Crippen LogP contribution in [-0.4, -0.2) is 19.5 Å². The summed E-state index contributed by atoms with van der Waals surface area (Å²) in [5.41, 5.74) is 1.70. The van der Waals surface area contributed by atoms with Gasteiger partial charge in [0.15, 0.2) is 0 Å². The quantitative estimate of drug-likeness (QED) is 0.800.